The molecule has 1 aromatic carbocycles. The molecule has 1 aromatic rings. The van der Waals surface area contributed by atoms with Crippen molar-refractivity contribution in [3.8, 4) is 0 Å². The van der Waals surface area contributed by atoms with Gasteiger partial charge in [-0.3, -0.25) is 4.79 Å². The first-order valence-corrected chi connectivity index (χ1v) is 6.35. The molecule has 0 bridgehead atoms. The second-order valence-corrected chi connectivity index (χ2v) is 4.33. The quantitative estimate of drug-likeness (QED) is 0.636. The molecule has 1 atom stereocenters. The van der Waals surface area contributed by atoms with Crippen LogP contribution in [0.25, 0.3) is 0 Å². The minimum atomic E-state index is -0.507. The van der Waals surface area contributed by atoms with Gasteiger partial charge in [-0.1, -0.05) is 36.8 Å². The van der Waals surface area contributed by atoms with Gasteiger partial charge in [0.1, 0.15) is 0 Å². The Balaban J connectivity index is 2.19. The molecule has 18 heavy (non-hydrogen) atoms. The molecule has 0 saturated heterocycles. The highest BCUT2D eigenvalue weighted by atomic mass is 16.3. The molecule has 0 fully saturated rings. The molecule has 0 spiro atoms. The number of nitrogens with one attached hydrogen (secondary N) is 2. The lowest BCUT2D eigenvalue weighted by Crippen LogP contribution is -2.33. The summed E-state index contributed by atoms with van der Waals surface area (Å²) in [5, 5.41) is 15.8. The lowest BCUT2D eigenvalue weighted by Gasteiger charge is -2.12. The topological polar surface area (TPSA) is 61.4 Å². The van der Waals surface area contributed by atoms with E-state index in [2.05, 4.69) is 10.6 Å². The number of benzene rings is 1. The maximum atomic E-state index is 11.0. The van der Waals surface area contributed by atoms with E-state index in [-0.39, 0.29) is 5.91 Å². The lowest BCUT2D eigenvalue weighted by molar-refractivity contribution is -0.120. The molecule has 0 saturated carbocycles. The number of aryl methyl sites for hydroxylation is 1. The van der Waals surface area contributed by atoms with Crippen molar-refractivity contribution in [1.82, 2.24) is 10.6 Å². The number of amides is 1. The Morgan fingerprint density at radius 1 is 1.28 bits per heavy atom. The fraction of sp³-hybridized carbons (Fsp3) is 0.500. The van der Waals surface area contributed by atoms with E-state index in [4.69, 9.17) is 0 Å². The number of hydrogen-bond acceptors (Lipinski definition) is 3. The molecule has 0 radical (unpaired) electrons. The van der Waals surface area contributed by atoms with Gasteiger partial charge in [0.25, 0.3) is 0 Å². The number of carbonyl (C=O) groups excluding carboxylic acids is 1. The molecular weight excluding hydrogens is 228 g/mol. The Kier molecular flexibility index (Phi) is 6.39. The summed E-state index contributed by atoms with van der Waals surface area (Å²) in [4.78, 5) is 11.0. The molecule has 3 N–H and O–H groups in total. The number of hydrogen-bond donors (Lipinski definition) is 3. The summed E-state index contributed by atoms with van der Waals surface area (Å²) in [6, 6.07) is 7.83. The second kappa shape index (κ2) is 7.84. The number of carbonyl (C=O) groups is 1. The highest BCUT2D eigenvalue weighted by molar-refractivity contribution is 5.75. The average Bonchev–Trinajstić information content (AvgIpc) is 2.38. The largest absolute Gasteiger partial charge is 0.387 e. The van der Waals surface area contributed by atoms with Gasteiger partial charge in [-0.2, -0.15) is 0 Å². The second-order valence-electron chi connectivity index (χ2n) is 4.33. The van der Waals surface area contributed by atoms with Gasteiger partial charge in [0.15, 0.2) is 0 Å². The Labute approximate surface area is 108 Å². The minimum Gasteiger partial charge on any atom is -0.387 e. The zero-order valence-electron chi connectivity index (χ0n) is 11.1. The Bertz CT molecular complexity index is 363. The first-order valence-electron chi connectivity index (χ1n) is 6.35. The Morgan fingerprint density at radius 3 is 2.56 bits per heavy atom. The van der Waals surface area contributed by atoms with Crippen molar-refractivity contribution in [3.63, 3.8) is 0 Å². The highest BCUT2D eigenvalue weighted by Gasteiger charge is 2.06. The predicted molar refractivity (Wildman–Crippen MR) is 72.3 cm³/mol. The monoisotopic (exact) mass is 250 g/mol. The summed E-state index contributed by atoms with van der Waals surface area (Å²) >= 11 is 0. The maximum absolute atomic E-state index is 11.0. The standard InChI is InChI=1S/C14H22N2O2/c1-3-14(18)16-9-8-15-10-13(17)12-6-4-11(2)5-7-12/h4-7,13,15,17H,3,8-10H2,1-2H3,(H,16,18)/t13-/m1/s1. The lowest BCUT2D eigenvalue weighted by atomic mass is 10.1. The van der Waals surface area contributed by atoms with E-state index >= 15 is 0 Å². The van der Waals surface area contributed by atoms with Crippen molar-refractivity contribution >= 4 is 5.91 Å². The smallest absolute Gasteiger partial charge is 0.219 e. The molecule has 0 aliphatic carbocycles. The van der Waals surface area contributed by atoms with Crippen LogP contribution in [0.1, 0.15) is 30.6 Å². The fourth-order valence-corrected chi connectivity index (χ4v) is 1.56. The summed E-state index contributed by atoms with van der Waals surface area (Å²) in [6.07, 6.45) is -0.00102. The van der Waals surface area contributed by atoms with Crippen LogP contribution in [0.4, 0.5) is 0 Å². The third-order valence-electron chi connectivity index (χ3n) is 2.74. The van der Waals surface area contributed by atoms with Crippen molar-refractivity contribution in [2.45, 2.75) is 26.4 Å². The summed E-state index contributed by atoms with van der Waals surface area (Å²) in [7, 11) is 0. The minimum absolute atomic E-state index is 0.0517. The van der Waals surface area contributed by atoms with Gasteiger partial charge in [-0.15, -0.1) is 0 Å². The van der Waals surface area contributed by atoms with Crippen molar-refractivity contribution in [1.29, 1.82) is 0 Å². The highest BCUT2D eigenvalue weighted by Crippen LogP contribution is 2.12. The van der Waals surface area contributed by atoms with E-state index in [9.17, 15) is 9.90 Å². The molecule has 0 heterocycles. The Hall–Kier alpha value is -1.39. The molecule has 1 amide bonds. The van der Waals surface area contributed by atoms with Crippen LogP contribution in [-0.4, -0.2) is 30.6 Å². The maximum Gasteiger partial charge on any atom is 0.219 e. The van der Waals surface area contributed by atoms with Crippen LogP contribution in [0.2, 0.25) is 0 Å². The molecule has 4 nitrogen and oxygen atoms in total. The first kappa shape index (κ1) is 14.7. The predicted octanol–water partition coefficient (Wildman–Crippen LogP) is 1.14. The molecular formula is C14H22N2O2. The van der Waals surface area contributed by atoms with E-state index in [1.54, 1.807) is 0 Å². The van der Waals surface area contributed by atoms with Gasteiger partial charge < -0.3 is 15.7 Å². The van der Waals surface area contributed by atoms with E-state index < -0.39 is 6.10 Å². The first-order chi connectivity index (χ1) is 8.63. The summed E-state index contributed by atoms with van der Waals surface area (Å²) in [5.74, 6) is 0.0517. The van der Waals surface area contributed by atoms with Crippen LogP contribution < -0.4 is 10.6 Å². The number of aliphatic hydroxyl groups is 1. The van der Waals surface area contributed by atoms with Crippen molar-refractivity contribution in [2.75, 3.05) is 19.6 Å². The molecule has 100 valence electrons. The van der Waals surface area contributed by atoms with E-state index in [0.29, 0.717) is 26.1 Å². The van der Waals surface area contributed by atoms with Crippen LogP contribution in [0.3, 0.4) is 0 Å². The van der Waals surface area contributed by atoms with Crippen molar-refractivity contribution in [2.24, 2.45) is 0 Å². The van der Waals surface area contributed by atoms with Crippen molar-refractivity contribution in [3.05, 3.63) is 35.4 Å². The van der Waals surface area contributed by atoms with Crippen LogP contribution in [0.5, 0.6) is 0 Å². The van der Waals surface area contributed by atoms with Gasteiger partial charge in [-0.05, 0) is 12.5 Å². The van der Waals surface area contributed by atoms with Crippen LogP contribution in [0, 0.1) is 6.92 Å². The average molecular weight is 250 g/mol. The Morgan fingerprint density at radius 2 is 1.94 bits per heavy atom. The molecule has 4 heteroatoms. The normalized spacial score (nSPS) is 12.2. The van der Waals surface area contributed by atoms with Gasteiger partial charge >= 0.3 is 0 Å². The molecule has 1 rings (SSSR count). The zero-order valence-corrected chi connectivity index (χ0v) is 11.1. The van der Waals surface area contributed by atoms with E-state index in [1.165, 1.54) is 5.56 Å². The third-order valence-corrected chi connectivity index (χ3v) is 2.74. The molecule has 0 aliphatic rings. The molecule has 0 unspecified atom stereocenters. The van der Waals surface area contributed by atoms with Crippen LogP contribution in [0.15, 0.2) is 24.3 Å². The van der Waals surface area contributed by atoms with E-state index in [1.807, 2.05) is 38.1 Å². The van der Waals surface area contributed by atoms with Crippen LogP contribution >= 0.6 is 0 Å². The number of rotatable bonds is 7. The van der Waals surface area contributed by atoms with Gasteiger partial charge in [0, 0.05) is 26.1 Å². The number of aliphatic hydroxyl groups excluding tert-OH is 1. The van der Waals surface area contributed by atoms with E-state index in [0.717, 1.165) is 5.56 Å². The fourth-order valence-electron chi connectivity index (χ4n) is 1.56. The third kappa shape index (κ3) is 5.29. The zero-order chi connectivity index (χ0) is 13.4. The SMILES string of the molecule is CCC(=O)NCCNC[C@@H](O)c1ccc(C)cc1. The van der Waals surface area contributed by atoms with Gasteiger partial charge in [0.05, 0.1) is 6.10 Å². The van der Waals surface area contributed by atoms with Crippen molar-refractivity contribution < 1.29 is 9.90 Å². The van der Waals surface area contributed by atoms with Crippen LogP contribution in [-0.2, 0) is 4.79 Å². The summed E-state index contributed by atoms with van der Waals surface area (Å²) in [6.45, 7) is 5.59. The molecule has 0 aliphatic heterocycles. The summed E-state index contributed by atoms with van der Waals surface area (Å²) in [5.41, 5.74) is 2.09. The molecule has 0 aromatic heterocycles. The van der Waals surface area contributed by atoms with Gasteiger partial charge in [-0.25, -0.2) is 0 Å². The van der Waals surface area contributed by atoms with Gasteiger partial charge in [0.2, 0.25) is 5.91 Å². The summed E-state index contributed by atoms with van der Waals surface area (Å²) < 4.78 is 0.